The molecule has 1 fully saturated rings. The van der Waals surface area contributed by atoms with E-state index >= 15 is 0 Å². The second-order valence-electron chi connectivity index (χ2n) is 8.84. The van der Waals surface area contributed by atoms with Gasteiger partial charge in [-0.2, -0.15) is 0 Å². The van der Waals surface area contributed by atoms with Crippen molar-refractivity contribution in [2.24, 2.45) is 0 Å². The summed E-state index contributed by atoms with van der Waals surface area (Å²) >= 11 is 0. The van der Waals surface area contributed by atoms with Crippen LogP contribution in [0.4, 0.5) is 0 Å². The van der Waals surface area contributed by atoms with Crippen LogP contribution in [-0.2, 0) is 6.54 Å². The standard InChI is InChI=1S/C27H32N4O2/c1-19-24(27(32)30(2)3)17-28-26(29-19)25-13-5-6-14-31(25)18-20-9-7-10-21(15-20)22-11-8-12-23(16-22)33-4/h7-12,15-17,25H,5-6,13-14,18H2,1-4H3/t25-/m0/s1. The molecule has 1 aromatic heterocycles. The molecule has 6 heteroatoms. The van der Waals surface area contributed by atoms with Crippen molar-refractivity contribution in [3.05, 3.63) is 77.4 Å². The summed E-state index contributed by atoms with van der Waals surface area (Å²) in [4.78, 5) is 25.8. The molecule has 6 nitrogen and oxygen atoms in total. The van der Waals surface area contributed by atoms with Crippen LogP contribution in [0.3, 0.4) is 0 Å². The van der Waals surface area contributed by atoms with Gasteiger partial charge in [-0.1, -0.05) is 36.8 Å². The quantitative estimate of drug-likeness (QED) is 0.542. The fraction of sp³-hybridized carbons (Fsp3) is 0.370. The predicted molar refractivity (Wildman–Crippen MR) is 130 cm³/mol. The van der Waals surface area contributed by atoms with Crippen LogP contribution in [0.1, 0.15) is 52.7 Å². The van der Waals surface area contributed by atoms with Gasteiger partial charge in [0.1, 0.15) is 11.6 Å². The lowest BCUT2D eigenvalue weighted by atomic mass is 9.98. The summed E-state index contributed by atoms with van der Waals surface area (Å²) in [7, 11) is 5.19. The lowest BCUT2D eigenvalue weighted by Gasteiger charge is -2.35. The maximum atomic E-state index is 12.4. The van der Waals surface area contributed by atoms with Gasteiger partial charge >= 0.3 is 0 Å². The van der Waals surface area contributed by atoms with Crippen LogP contribution in [0.5, 0.6) is 5.75 Å². The van der Waals surface area contributed by atoms with Crippen molar-refractivity contribution in [2.75, 3.05) is 27.7 Å². The minimum atomic E-state index is -0.0612. The van der Waals surface area contributed by atoms with Crippen molar-refractivity contribution in [2.45, 2.75) is 38.8 Å². The van der Waals surface area contributed by atoms with Gasteiger partial charge in [-0.05, 0) is 61.2 Å². The number of ether oxygens (including phenoxy) is 1. The van der Waals surface area contributed by atoms with Gasteiger partial charge in [-0.15, -0.1) is 0 Å². The number of carbonyl (C=O) groups is 1. The highest BCUT2D eigenvalue weighted by atomic mass is 16.5. The highest BCUT2D eigenvalue weighted by molar-refractivity contribution is 5.94. The number of aryl methyl sites for hydroxylation is 1. The molecular formula is C27H32N4O2. The number of likely N-dealkylation sites (tertiary alicyclic amines) is 1. The zero-order valence-corrected chi connectivity index (χ0v) is 19.9. The zero-order valence-electron chi connectivity index (χ0n) is 19.9. The van der Waals surface area contributed by atoms with Crippen molar-refractivity contribution >= 4 is 5.91 Å². The first-order valence-corrected chi connectivity index (χ1v) is 11.5. The van der Waals surface area contributed by atoms with E-state index in [-0.39, 0.29) is 11.9 Å². The molecule has 0 saturated carbocycles. The average Bonchev–Trinajstić information content (AvgIpc) is 2.84. The number of aromatic nitrogens is 2. The van der Waals surface area contributed by atoms with E-state index in [1.807, 2.05) is 19.1 Å². The molecule has 0 spiro atoms. The van der Waals surface area contributed by atoms with Crippen molar-refractivity contribution in [3.63, 3.8) is 0 Å². The highest BCUT2D eigenvalue weighted by Gasteiger charge is 2.27. The van der Waals surface area contributed by atoms with Gasteiger partial charge in [0.15, 0.2) is 0 Å². The second kappa shape index (κ2) is 10.1. The first kappa shape index (κ1) is 22.9. The van der Waals surface area contributed by atoms with E-state index in [9.17, 15) is 4.79 Å². The summed E-state index contributed by atoms with van der Waals surface area (Å²) in [5.74, 6) is 1.61. The number of piperidine rings is 1. The Labute approximate surface area is 196 Å². The zero-order chi connectivity index (χ0) is 23.4. The normalized spacial score (nSPS) is 16.4. The fourth-order valence-corrected chi connectivity index (χ4v) is 4.46. The summed E-state index contributed by atoms with van der Waals surface area (Å²) in [5.41, 5.74) is 4.89. The van der Waals surface area contributed by atoms with E-state index in [1.165, 1.54) is 17.5 Å². The molecule has 1 aliphatic heterocycles. The number of nitrogens with zero attached hydrogens (tertiary/aromatic N) is 4. The largest absolute Gasteiger partial charge is 0.497 e. The van der Waals surface area contributed by atoms with Crippen LogP contribution < -0.4 is 4.74 Å². The van der Waals surface area contributed by atoms with Gasteiger partial charge < -0.3 is 9.64 Å². The van der Waals surface area contributed by atoms with E-state index < -0.39 is 0 Å². The molecule has 1 atom stereocenters. The number of benzene rings is 2. The average molecular weight is 445 g/mol. The minimum absolute atomic E-state index is 0.0612. The molecule has 2 aromatic carbocycles. The van der Waals surface area contributed by atoms with E-state index in [0.717, 1.165) is 48.8 Å². The van der Waals surface area contributed by atoms with Crippen LogP contribution in [0.25, 0.3) is 11.1 Å². The molecule has 1 amide bonds. The molecule has 0 N–H and O–H groups in total. The predicted octanol–water partition coefficient (Wildman–Crippen LogP) is 4.89. The monoisotopic (exact) mass is 444 g/mol. The summed E-state index contributed by atoms with van der Waals surface area (Å²) in [6.45, 7) is 3.74. The van der Waals surface area contributed by atoms with Crippen molar-refractivity contribution in [1.29, 1.82) is 0 Å². The number of rotatable bonds is 6. The number of methoxy groups -OCH3 is 1. The number of hydrogen-bond donors (Lipinski definition) is 0. The van der Waals surface area contributed by atoms with E-state index in [1.54, 1.807) is 32.3 Å². The third kappa shape index (κ3) is 5.22. The smallest absolute Gasteiger partial charge is 0.256 e. The fourth-order valence-electron chi connectivity index (χ4n) is 4.46. The van der Waals surface area contributed by atoms with Crippen molar-refractivity contribution in [1.82, 2.24) is 19.8 Å². The lowest BCUT2D eigenvalue weighted by molar-refractivity contribution is 0.0825. The summed E-state index contributed by atoms with van der Waals surface area (Å²) < 4.78 is 5.39. The Kier molecular flexibility index (Phi) is 7.04. The van der Waals surface area contributed by atoms with E-state index in [0.29, 0.717) is 5.56 Å². The van der Waals surface area contributed by atoms with Gasteiger partial charge in [-0.3, -0.25) is 9.69 Å². The van der Waals surface area contributed by atoms with Crippen LogP contribution >= 0.6 is 0 Å². The Bertz CT molecular complexity index is 1130. The first-order valence-electron chi connectivity index (χ1n) is 11.5. The van der Waals surface area contributed by atoms with Gasteiger partial charge in [0, 0.05) is 26.8 Å². The number of carbonyl (C=O) groups excluding carboxylic acids is 1. The third-order valence-electron chi connectivity index (χ3n) is 6.26. The molecule has 2 heterocycles. The molecule has 0 unspecified atom stereocenters. The first-order chi connectivity index (χ1) is 16.0. The molecule has 3 aromatic rings. The van der Waals surface area contributed by atoms with Gasteiger partial charge in [0.25, 0.3) is 5.91 Å². The molecule has 0 bridgehead atoms. The van der Waals surface area contributed by atoms with E-state index in [2.05, 4.69) is 46.3 Å². The minimum Gasteiger partial charge on any atom is -0.497 e. The molecule has 33 heavy (non-hydrogen) atoms. The summed E-state index contributed by atoms with van der Waals surface area (Å²) in [5, 5.41) is 0. The molecule has 0 aliphatic carbocycles. The van der Waals surface area contributed by atoms with E-state index in [4.69, 9.17) is 9.72 Å². The summed E-state index contributed by atoms with van der Waals surface area (Å²) in [6.07, 6.45) is 5.04. The third-order valence-corrected chi connectivity index (χ3v) is 6.26. The number of hydrogen-bond acceptors (Lipinski definition) is 5. The van der Waals surface area contributed by atoms with Crippen molar-refractivity contribution < 1.29 is 9.53 Å². The molecule has 1 aliphatic rings. The Hall–Kier alpha value is -3.25. The van der Waals surface area contributed by atoms with Crippen LogP contribution in [0, 0.1) is 6.92 Å². The van der Waals surface area contributed by atoms with Gasteiger partial charge in [0.2, 0.25) is 0 Å². The van der Waals surface area contributed by atoms with Crippen LogP contribution in [-0.4, -0.2) is 53.4 Å². The summed E-state index contributed by atoms with van der Waals surface area (Å²) in [6, 6.07) is 17.0. The highest BCUT2D eigenvalue weighted by Crippen LogP contribution is 2.32. The molecule has 4 rings (SSSR count). The Morgan fingerprint density at radius 2 is 1.88 bits per heavy atom. The molecule has 1 saturated heterocycles. The number of amides is 1. The maximum absolute atomic E-state index is 12.4. The molecule has 172 valence electrons. The van der Waals surface area contributed by atoms with Crippen LogP contribution in [0.2, 0.25) is 0 Å². The Morgan fingerprint density at radius 3 is 2.61 bits per heavy atom. The lowest BCUT2D eigenvalue weighted by Crippen LogP contribution is -2.34. The van der Waals surface area contributed by atoms with Gasteiger partial charge in [0.05, 0.1) is 24.4 Å². The maximum Gasteiger partial charge on any atom is 0.256 e. The Balaban J connectivity index is 1.56. The molecular weight excluding hydrogens is 412 g/mol. The van der Waals surface area contributed by atoms with Crippen LogP contribution in [0.15, 0.2) is 54.7 Å². The molecule has 0 radical (unpaired) electrons. The van der Waals surface area contributed by atoms with Crippen molar-refractivity contribution in [3.8, 4) is 16.9 Å². The SMILES string of the molecule is COc1cccc(-c2cccc(CN3CCCC[C@H]3c3ncc(C(=O)N(C)C)c(C)n3)c2)c1. The second-order valence-corrected chi connectivity index (χ2v) is 8.84. The topological polar surface area (TPSA) is 58.6 Å². The van der Waals surface area contributed by atoms with Gasteiger partial charge in [-0.25, -0.2) is 9.97 Å². The Morgan fingerprint density at radius 1 is 1.12 bits per heavy atom.